The molecule has 22 heavy (non-hydrogen) atoms. The van der Waals surface area contributed by atoms with Gasteiger partial charge >= 0.3 is 0 Å². The molecular weight excluding hydrogens is 318 g/mol. The number of benzene rings is 1. The van der Waals surface area contributed by atoms with Crippen LogP contribution in [-0.4, -0.2) is 30.0 Å². The number of nitrogens with zero attached hydrogens (tertiary/aromatic N) is 1. The fourth-order valence-electron chi connectivity index (χ4n) is 2.63. The summed E-state index contributed by atoms with van der Waals surface area (Å²) >= 11 is 7.60. The molecule has 1 aromatic heterocycles. The van der Waals surface area contributed by atoms with Crippen LogP contribution in [0.25, 0.3) is 0 Å². The van der Waals surface area contributed by atoms with Gasteiger partial charge in [0.2, 0.25) is 5.91 Å². The number of hydrogen-bond donors (Lipinski definition) is 0. The smallest absolute Gasteiger partial charge is 0.227 e. The van der Waals surface area contributed by atoms with Crippen molar-refractivity contribution < 1.29 is 9.53 Å². The van der Waals surface area contributed by atoms with Gasteiger partial charge in [-0.05, 0) is 29.6 Å². The van der Waals surface area contributed by atoms with Crippen molar-refractivity contribution in [3.8, 4) is 5.75 Å². The van der Waals surface area contributed by atoms with Crippen LogP contribution in [0, 0.1) is 0 Å². The monoisotopic (exact) mass is 335 g/mol. The van der Waals surface area contributed by atoms with Crippen LogP contribution in [0.15, 0.2) is 41.8 Å². The zero-order chi connectivity index (χ0) is 15.4. The van der Waals surface area contributed by atoms with Crippen LogP contribution in [0.1, 0.15) is 17.7 Å². The zero-order valence-electron chi connectivity index (χ0n) is 12.2. The van der Waals surface area contributed by atoms with Crippen molar-refractivity contribution in [1.82, 2.24) is 4.90 Å². The zero-order valence-corrected chi connectivity index (χ0v) is 13.8. The van der Waals surface area contributed by atoms with Crippen molar-refractivity contribution in [3.05, 3.63) is 51.7 Å². The lowest BCUT2D eigenvalue weighted by atomic mass is 10.1. The molecule has 2 heterocycles. The van der Waals surface area contributed by atoms with Crippen molar-refractivity contribution >= 4 is 28.8 Å². The van der Waals surface area contributed by atoms with Crippen molar-refractivity contribution in [1.29, 1.82) is 0 Å². The van der Waals surface area contributed by atoms with Gasteiger partial charge in [-0.25, -0.2) is 0 Å². The predicted molar refractivity (Wildman–Crippen MR) is 89.7 cm³/mol. The number of ether oxygens (including phenoxy) is 1. The number of halogens is 1. The number of likely N-dealkylation sites (tertiary alicyclic amines) is 1. The summed E-state index contributed by atoms with van der Waals surface area (Å²) in [6.07, 6.45) is 2.40. The molecule has 1 amide bonds. The van der Waals surface area contributed by atoms with Gasteiger partial charge in [-0.2, -0.15) is 0 Å². The molecule has 1 fully saturated rings. The van der Waals surface area contributed by atoms with Gasteiger partial charge in [-0.3, -0.25) is 4.79 Å². The van der Waals surface area contributed by atoms with Gasteiger partial charge in [0.25, 0.3) is 0 Å². The summed E-state index contributed by atoms with van der Waals surface area (Å²) in [6, 6.07) is 11.5. The predicted octanol–water partition coefficient (Wildman–Crippen LogP) is 4.01. The Morgan fingerprint density at radius 2 is 2.09 bits per heavy atom. The normalized spacial score (nSPS) is 15.8. The molecule has 0 N–H and O–H groups in total. The van der Waals surface area contributed by atoms with Crippen LogP contribution in [0.2, 0.25) is 5.02 Å². The molecule has 0 radical (unpaired) electrons. The van der Waals surface area contributed by atoms with Gasteiger partial charge in [0.1, 0.15) is 11.9 Å². The minimum Gasteiger partial charge on any atom is -0.490 e. The van der Waals surface area contributed by atoms with E-state index in [-0.39, 0.29) is 12.0 Å². The van der Waals surface area contributed by atoms with Crippen LogP contribution in [0.3, 0.4) is 0 Å². The van der Waals surface area contributed by atoms with E-state index in [0.29, 0.717) is 11.4 Å². The first-order chi connectivity index (χ1) is 10.7. The van der Waals surface area contributed by atoms with Crippen molar-refractivity contribution in [2.24, 2.45) is 0 Å². The Morgan fingerprint density at radius 1 is 1.27 bits per heavy atom. The Bertz CT molecular complexity index is 621. The first-order valence-corrected chi connectivity index (χ1v) is 8.69. The average Bonchev–Trinajstić information content (AvgIpc) is 3.01. The van der Waals surface area contributed by atoms with Gasteiger partial charge in [0.05, 0.1) is 6.42 Å². The van der Waals surface area contributed by atoms with Crippen LogP contribution in [-0.2, 0) is 11.2 Å². The van der Waals surface area contributed by atoms with Gasteiger partial charge in [-0.15, -0.1) is 11.3 Å². The summed E-state index contributed by atoms with van der Waals surface area (Å²) in [5.41, 5.74) is 0. The third-order valence-electron chi connectivity index (χ3n) is 3.80. The molecule has 0 spiro atoms. The summed E-state index contributed by atoms with van der Waals surface area (Å²) in [5, 5.41) is 2.69. The number of thiophene rings is 1. The Balaban J connectivity index is 1.49. The van der Waals surface area contributed by atoms with E-state index in [9.17, 15) is 4.79 Å². The standard InChI is InChI=1S/C17H18ClNO2S/c18-13-3-1-4-15(11-13)21-14-6-8-19(9-7-14)17(20)12-16-5-2-10-22-16/h1-5,10-11,14H,6-9,12H2. The molecule has 2 aromatic rings. The minimum atomic E-state index is 0.157. The van der Waals surface area contributed by atoms with E-state index in [2.05, 4.69) is 0 Å². The summed E-state index contributed by atoms with van der Waals surface area (Å²) in [6.45, 7) is 1.52. The maximum Gasteiger partial charge on any atom is 0.227 e. The maximum atomic E-state index is 12.2. The number of carbonyl (C=O) groups excluding carboxylic acids is 1. The largest absolute Gasteiger partial charge is 0.490 e. The lowest BCUT2D eigenvalue weighted by Crippen LogP contribution is -2.42. The fourth-order valence-corrected chi connectivity index (χ4v) is 3.51. The maximum absolute atomic E-state index is 12.2. The van der Waals surface area contributed by atoms with E-state index < -0.39 is 0 Å². The van der Waals surface area contributed by atoms with Crippen LogP contribution in [0.4, 0.5) is 0 Å². The SMILES string of the molecule is O=C(Cc1cccs1)N1CCC(Oc2cccc(Cl)c2)CC1. The summed E-state index contributed by atoms with van der Waals surface area (Å²) < 4.78 is 5.95. The van der Waals surface area contributed by atoms with Crippen LogP contribution < -0.4 is 4.74 Å². The van der Waals surface area contributed by atoms with E-state index in [1.165, 1.54) is 0 Å². The number of piperidine rings is 1. The highest BCUT2D eigenvalue weighted by Crippen LogP contribution is 2.22. The quantitative estimate of drug-likeness (QED) is 0.844. The number of hydrogen-bond acceptors (Lipinski definition) is 3. The van der Waals surface area contributed by atoms with Gasteiger partial charge < -0.3 is 9.64 Å². The lowest BCUT2D eigenvalue weighted by molar-refractivity contribution is -0.132. The Labute approximate surface area is 139 Å². The molecule has 0 aliphatic carbocycles. The summed E-state index contributed by atoms with van der Waals surface area (Å²) in [5.74, 6) is 1.01. The van der Waals surface area contributed by atoms with Crippen molar-refractivity contribution in [2.45, 2.75) is 25.4 Å². The highest BCUT2D eigenvalue weighted by atomic mass is 35.5. The number of rotatable bonds is 4. The van der Waals surface area contributed by atoms with Crippen molar-refractivity contribution in [3.63, 3.8) is 0 Å². The molecule has 0 atom stereocenters. The lowest BCUT2D eigenvalue weighted by Gasteiger charge is -2.32. The van der Waals surface area contributed by atoms with Gasteiger partial charge in [0, 0.05) is 35.8 Å². The molecule has 0 bridgehead atoms. The fraction of sp³-hybridized carbons (Fsp3) is 0.353. The molecule has 1 aliphatic heterocycles. The highest BCUT2D eigenvalue weighted by molar-refractivity contribution is 7.10. The van der Waals surface area contributed by atoms with Gasteiger partial charge in [-0.1, -0.05) is 23.7 Å². The Morgan fingerprint density at radius 3 is 2.77 bits per heavy atom. The van der Waals surface area contributed by atoms with E-state index >= 15 is 0 Å². The molecular formula is C17H18ClNO2S. The first kappa shape index (κ1) is 15.4. The van der Waals surface area contributed by atoms with Gasteiger partial charge in [0.15, 0.2) is 0 Å². The number of carbonyl (C=O) groups is 1. The van der Waals surface area contributed by atoms with Crippen LogP contribution in [0.5, 0.6) is 5.75 Å². The molecule has 116 valence electrons. The Kier molecular flexibility index (Phi) is 5.01. The first-order valence-electron chi connectivity index (χ1n) is 7.43. The topological polar surface area (TPSA) is 29.5 Å². The summed E-state index contributed by atoms with van der Waals surface area (Å²) in [4.78, 5) is 15.3. The molecule has 1 aliphatic rings. The second kappa shape index (κ2) is 7.16. The van der Waals surface area contributed by atoms with Crippen LogP contribution >= 0.6 is 22.9 Å². The molecule has 3 nitrogen and oxygen atoms in total. The number of amides is 1. The average molecular weight is 336 g/mol. The molecule has 3 rings (SSSR count). The molecule has 0 saturated carbocycles. The van der Waals surface area contributed by atoms with E-state index in [1.54, 1.807) is 11.3 Å². The molecule has 0 unspecified atom stereocenters. The van der Waals surface area contributed by atoms with E-state index in [1.807, 2.05) is 46.7 Å². The minimum absolute atomic E-state index is 0.157. The van der Waals surface area contributed by atoms with Crippen molar-refractivity contribution in [2.75, 3.05) is 13.1 Å². The second-order valence-corrected chi connectivity index (χ2v) is 6.88. The Hall–Kier alpha value is -1.52. The molecule has 5 heteroatoms. The van der Waals surface area contributed by atoms with E-state index in [0.717, 1.165) is 36.6 Å². The molecule has 1 saturated heterocycles. The highest BCUT2D eigenvalue weighted by Gasteiger charge is 2.24. The molecule has 1 aromatic carbocycles. The second-order valence-electron chi connectivity index (χ2n) is 5.41. The summed E-state index contributed by atoms with van der Waals surface area (Å²) in [7, 11) is 0. The van der Waals surface area contributed by atoms with E-state index in [4.69, 9.17) is 16.3 Å². The third kappa shape index (κ3) is 4.02. The third-order valence-corrected chi connectivity index (χ3v) is 4.91.